The Hall–Kier alpha value is -1.82. The Morgan fingerprint density at radius 1 is 1.46 bits per heavy atom. The van der Waals surface area contributed by atoms with Gasteiger partial charge in [0, 0.05) is 11.4 Å². The predicted octanol–water partition coefficient (Wildman–Crippen LogP) is 4.54. The summed E-state index contributed by atoms with van der Waals surface area (Å²) in [5, 5.41) is 0.624. The fraction of sp³-hybridized carbons (Fsp3) is 0.529. The number of halogens is 2. The first-order chi connectivity index (χ1) is 11.2. The Kier molecular flexibility index (Phi) is 4.20. The number of hydrogen-bond acceptors (Lipinski definition) is 3. The van der Waals surface area contributed by atoms with Gasteiger partial charge < -0.3 is 9.72 Å². The van der Waals surface area contributed by atoms with Crippen LogP contribution in [0.2, 0.25) is 5.02 Å². The molecule has 3 rings (SSSR count). The number of fused-ring (bicyclic) bond motifs is 1. The van der Waals surface area contributed by atoms with Gasteiger partial charge in [-0.1, -0.05) is 11.6 Å². The first-order valence-corrected chi connectivity index (χ1v) is 8.32. The molecule has 0 unspecified atom stereocenters. The molecule has 1 fully saturated rings. The van der Waals surface area contributed by atoms with Gasteiger partial charge >= 0.3 is 6.09 Å². The Morgan fingerprint density at radius 3 is 2.83 bits per heavy atom. The highest BCUT2D eigenvalue weighted by molar-refractivity contribution is 6.32. The Labute approximate surface area is 145 Å². The summed E-state index contributed by atoms with van der Waals surface area (Å²) < 4.78 is 19.4. The Balaban J connectivity index is 1.94. The number of nitrogens with zero attached hydrogens (tertiary/aromatic N) is 2. The van der Waals surface area contributed by atoms with Gasteiger partial charge in [-0.25, -0.2) is 14.2 Å². The molecule has 1 aromatic carbocycles. The van der Waals surface area contributed by atoms with Gasteiger partial charge in [-0.15, -0.1) is 0 Å². The fourth-order valence-corrected chi connectivity index (χ4v) is 3.08. The van der Waals surface area contributed by atoms with Crippen LogP contribution in [0.1, 0.15) is 44.6 Å². The van der Waals surface area contributed by atoms with Crippen LogP contribution in [0.5, 0.6) is 0 Å². The van der Waals surface area contributed by atoms with Gasteiger partial charge in [-0.2, -0.15) is 0 Å². The molecule has 130 valence electrons. The van der Waals surface area contributed by atoms with Crippen molar-refractivity contribution in [2.45, 2.75) is 51.9 Å². The highest BCUT2D eigenvalue weighted by Gasteiger charge is 2.40. The van der Waals surface area contributed by atoms with Crippen molar-refractivity contribution in [3.63, 3.8) is 0 Å². The van der Waals surface area contributed by atoms with E-state index in [1.807, 2.05) is 13.0 Å². The van der Waals surface area contributed by atoms with E-state index in [0.29, 0.717) is 10.8 Å². The number of aromatic nitrogens is 2. The molecular formula is C17H21ClFN3O2. The number of aryl methyl sites for hydroxylation is 1. The van der Waals surface area contributed by atoms with Crippen molar-refractivity contribution in [1.82, 2.24) is 14.9 Å². The molecular weight excluding hydrogens is 333 g/mol. The van der Waals surface area contributed by atoms with Gasteiger partial charge in [-0.3, -0.25) is 4.90 Å². The summed E-state index contributed by atoms with van der Waals surface area (Å²) in [6, 6.07) is 3.15. The number of imidazole rings is 1. The van der Waals surface area contributed by atoms with E-state index in [1.54, 1.807) is 26.8 Å². The summed E-state index contributed by atoms with van der Waals surface area (Å²) in [6.45, 7) is 7.25. The third-order valence-corrected chi connectivity index (χ3v) is 4.46. The van der Waals surface area contributed by atoms with Crippen molar-refractivity contribution in [2.75, 3.05) is 6.54 Å². The van der Waals surface area contributed by atoms with Crippen molar-refractivity contribution in [3.8, 4) is 0 Å². The molecule has 0 saturated carbocycles. The van der Waals surface area contributed by atoms with Crippen molar-refractivity contribution in [3.05, 3.63) is 28.5 Å². The van der Waals surface area contributed by atoms with Gasteiger partial charge in [0.05, 0.1) is 23.6 Å². The van der Waals surface area contributed by atoms with Crippen molar-refractivity contribution in [2.24, 2.45) is 0 Å². The lowest BCUT2D eigenvalue weighted by molar-refractivity contribution is 0.0211. The Bertz CT molecular complexity index is 784. The zero-order valence-corrected chi connectivity index (χ0v) is 14.9. The van der Waals surface area contributed by atoms with Gasteiger partial charge in [0.1, 0.15) is 17.6 Å². The van der Waals surface area contributed by atoms with E-state index in [4.69, 9.17) is 16.3 Å². The summed E-state index contributed by atoms with van der Waals surface area (Å²) in [6.07, 6.45) is -1.42. The minimum atomic E-state index is -1.10. The number of alkyl halides is 1. The highest BCUT2D eigenvalue weighted by Crippen LogP contribution is 2.35. The van der Waals surface area contributed by atoms with Crippen LogP contribution in [0, 0.1) is 6.92 Å². The smallest absolute Gasteiger partial charge is 0.411 e. The fourth-order valence-electron chi connectivity index (χ4n) is 2.93. The average Bonchev–Trinajstić information content (AvgIpc) is 3.05. The molecule has 2 heterocycles. The van der Waals surface area contributed by atoms with Gasteiger partial charge in [0.15, 0.2) is 0 Å². The van der Waals surface area contributed by atoms with Gasteiger partial charge in [0.2, 0.25) is 0 Å². The minimum Gasteiger partial charge on any atom is -0.444 e. The second-order valence-corrected chi connectivity index (χ2v) is 7.58. The summed E-state index contributed by atoms with van der Waals surface area (Å²) in [4.78, 5) is 21.6. The number of carbonyl (C=O) groups excluding carboxylic acids is 1. The molecule has 0 bridgehead atoms. The summed E-state index contributed by atoms with van der Waals surface area (Å²) >= 11 is 6.13. The first-order valence-electron chi connectivity index (χ1n) is 7.94. The standard InChI is InChI=1S/C17H21ClFN3O2/c1-9-11(18)5-6-12-14(9)21-15(20-12)13-7-10(19)8-22(13)16(23)24-17(2,3)4/h5-6,10,13H,7-8H2,1-4H3,(H,20,21)/t10-,13-/m0/s1. The molecule has 2 aromatic rings. The molecule has 1 saturated heterocycles. The highest BCUT2D eigenvalue weighted by atomic mass is 35.5. The van der Waals surface area contributed by atoms with Crippen molar-refractivity contribution < 1.29 is 13.9 Å². The third kappa shape index (κ3) is 3.20. The number of likely N-dealkylation sites (tertiary alicyclic amines) is 1. The van der Waals surface area contributed by atoms with Crippen LogP contribution in [0.25, 0.3) is 11.0 Å². The molecule has 5 nitrogen and oxygen atoms in total. The number of carbonyl (C=O) groups is 1. The van der Waals surface area contributed by atoms with Crippen LogP contribution < -0.4 is 0 Å². The van der Waals surface area contributed by atoms with Crippen LogP contribution in [-0.4, -0.2) is 39.3 Å². The lowest BCUT2D eigenvalue weighted by atomic mass is 10.2. The zero-order valence-electron chi connectivity index (χ0n) is 14.2. The molecule has 1 aliphatic heterocycles. The second kappa shape index (κ2) is 5.92. The number of rotatable bonds is 1. The van der Waals surface area contributed by atoms with Crippen LogP contribution in [0.3, 0.4) is 0 Å². The zero-order chi connectivity index (χ0) is 17.6. The third-order valence-electron chi connectivity index (χ3n) is 4.05. The maximum Gasteiger partial charge on any atom is 0.411 e. The van der Waals surface area contributed by atoms with Crippen LogP contribution in [-0.2, 0) is 4.74 Å². The van der Waals surface area contributed by atoms with E-state index in [-0.39, 0.29) is 13.0 Å². The van der Waals surface area contributed by atoms with E-state index in [2.05, 4.69) is 9.97 Å². The van der Waals surface area contributed by atoms with E-state index >= 15 is 0 Å². The quantitative estimate of drug-likeness (QED) is 0.818. The lowest BCUT2D eigenvalue weighted by Crippen LogP contribution is -2.37. The number of amides is 1. The normalized spacial score (nSPS) is 21.5. The largest absolute Gasteiger partial charge is 0.444 e. The van der Waals surface area contributed by atoms with Crippen LogP contribution in [0.15, 0.2) is 12.1 Å². The van der Waals surface area contributed by atoms with E-state index < -0.39 is 23.9 Å². The number of ether oxygens (including phenoxy) is 1. The molecule has 1 amide bonds. The monoisotopic (exact) mass is 353 g/mol. The second-order valence-electron chi connectivity index (χ2n) is 7.17. The number of H-pyrrole nitrogens is 1. The van der Waals surface area contributed by atoms with Gasteiger partial charge in [0.25, 0.3) is 0 Å². The molecule has 7 heteroatoms. The molecule has 0 radical (unpaired) electrons. The number of benzene rings is 1. The topological polar surface area (TPSA) is 58.2 Å². The van der Waals surface area contributed by atoms with Crippen molar-refractivity contribution >= 4 is 28.7 Å². The summed E-state index contributed by atoms with van der Waals surface area (Å²) in [5.74, 6) is 0.557. The number of aromatic amines is 1. The SMILES string of the molecule is Cc1c(Cl)ccc2[nH]c([C@@H]3C[C@H](F)CN3C(=O)OC(C)(C)C)nc12. The maximum atomic E-state index is 14.0. The summed E-state index contributed by atoms with van der Waals surface area (Å²) in [7, 11) is 0. The van der Waals surface area contributed by atoms with E-state index in [1.165, 1.54) is 4.90 Å². The summed E-state index contributed by atoms with van der Waals surface area (Å²) in [5.41, 5.74) is 1.78. The maximum absolute atomic E-state index is 14.0. The molecule has 2 atom stereocenters. The predicted molar refractivity (Wildman–Crippen MR) is 91.0 cm³/mol. The van der Waals surface area contributed by atoms with Gasteiger partial charge in [-0.05, 0) is 45.4 Å². The van der Waals surface area contributed by atoms with Crippen molar-refractivity contribution in [1.29, 1.82) is 0 Å². The molecule has 0 spiro atoms. The van der Waals surface area contributed by atoms with E-state index in [0.717, 1.165) is 16.6 Å². The number of nitrogens with one attached hydrogen (secondary N) is 1. The number of hydrogen-bond donors (Lipinski definition) is 1. The minimum absolute atomic E-state index is 0.0103. The Morgan fingerprint density at radius 2 is 2.17 bits per heavy atom. The van der Waals surface area contributed by atoms with E-state index in [9.17, 15) is 9.18 Å². The molecule has 0 aliphatic carbocycles. The average molecular weight is 354 g/mol. The first kappa shape index (κ1) is 17.0. The molecule has 1 N–H and O–H groups in total. The molecule has 1 aromatic heterocycles. The molecule has 24 heavy (non-hydrogen) atoms. The van der Waals surface area contributed by atoms with Crippen LogP contribution in [0.4, 0.5) is 9.18 Å². The molecule has 1 aliphatic rings. The lowest BCUT2D eigenvalue weighted by Gasteiger charge is -2.27. The van der Waals surface area contributed by atoms with Crippen LogP contribution >= 0.6 is 11.6 Å².